The van der Waals surface area contributed by atoms with Crippen molar-refractivity contribution in [1.29, 1.82) is 0 Å². The lowest BCUT2D eigenvalue weighted by molar-refractivity contribution is -0.159. The van der Waals surface area contributed by atoms with Gasteiger partial charge in [0.05, 0.1) is 18.7 Å². The highest BCUT2D eigenvalue weighted by Crippen LogP contribution is 2.27. The molecule has 1 atom stereocenters. The number of pyridine rings is 1. The molecule has 0 spiro atoms. The smallest absolute Gasteiger partial charge is 0.414 e. The Morgan fingerprint density at radius 2 is 1.70 bits per heavy atom. The van der Waals surface area contributed by atoms with Crippen molar-refractivity contribution in [2.24, 2.45) is 0 Å². The molecule has 1 fully saturated rings. The van der Waals surface area contributed by atoms with Gasteiger partial charge in [-0.25, -0.2) is 9.59 Å². The number of β-amino-alcohol motifs (C(OH)–C–C–N with tert-alkyl or cyclic N) is 1. The number of hydrogen-bond donors (Lipinski definition) is 3. The summed E-state index contributed by atoms with van der Waals surface area (Å²) in [5.41, 5.74) is 1.82. The molecule has 1 saturated heterocycles. The highest BCUT2D eigenvalue weighted by molar-refractivity contribution is 6.27. The number of ether oxygens (including phenoxy) is 1. The zero-order chi connectivity index (χ0) is 24.2. The van der Waals surface area contributed by atoms with Crippen LogP contribution in [-0.2, 0) is 9.59 Å². The maximum absolute atomic E-state index is 10.9. The number of hydrogen-bond acceptors (Lipinski definition) is 7. The molecule has 2 heterocycles. The summed E-state index contributed by atoms with van der Waals surface area (Å²) in [6.07, 6.45) is 6.55. The van der Waals surface area contributed by atoms with E-state index < -0.39 is 18.0 Å². The first-order chi connectivity index (χ1) is 15.8. The number of rotatable bonds is 9. The molecule has 1 unspecified atom stereocenters. The van der Waals surface area contributed by atoms with Crippen molar-refractivity contribution in [2.75, 3.05) is 46.4 Å². The quantitative estimate of drug-likeness (QED) is 0.382. The Kier molecular flexibility index (Phi) is 11.0. The van der Waals surface area contributed by atoms with Gasteiger partial charge in [-0.3, -0.25) is 9.88 Å². The summed E-state index contributed by atoms with van der Waals surface area (Å²) >= 11 is 0. The molecule has 3 rings (SSSR count). The van der Waals surface area contributed by atoms with Crippen LogP contribution in [0.15, 0.2) is 30.5 Å². The Morgan fingerprint density at radius 3 is 2.30 bits per heavy atom. The number of nitrogens with zero attached hydrogens (tertiary/aromatic N) is 3. The van der Waals surface area contributed by atoms with E-state index in [1.54, 1.807) is 13.3 Å². The number of carboxylic acids is 2. The number of fused-ring (bicyclic) bond motifs is 1. The van der Waals surface area contributed by atoms with Gasteiger partial charge in [-0.05, 0) is 42.8 Å². The molecule has 9 heteroatoms. The molecule has 33 heavy (non-hydrogen) atoms. The fourth-order valence-electron chi connectivity index (χ4n) is 3.86. The number of piperazine rings is 1. The normalized spacial score (nSPS) is 15.5. The third-order valence-electron chi connectivity index (χ3n) is 5.75. The average Bonchev–Trinajstić information content (AvgIpc) is 2.82. The number of unbranched alkanes of at least 4 members (excludes halogenated alkanes) is 3. The lowest BCUT2D eigenvalue weighted by Crippen LogP contribution is -2.47. The minimum atomic E-state index is -1.82. The van der Waals surface area contributed by atoms with Gasteiger partial charge in [0.25, 0.3) is 0 Å². The summed E-state index contributed by atoms with van der Waals surface area (Å²) in [7, 11) is 1.66. The molecule has 0 amide bonds. The van der Waals surface area contributed by atoms with Crippen LogP contribution in [0.2, 0.25) is 0 Å². The lowest BCUT2D eigenvalue weighted by atomic mass is 10.0. The molecule has 1 aliphatic heterocycles. The van der Waals surface area contributed by atoms with Gasteiger partial charge in [-0.1, -0.05) is 26.2 Å². The maximum atomic E-state index is 10.9. The standard InChI is InChI=1S/C22H33N3O2.C2H2O4/c1-3-4-5-6-11-24-12-14-25(15-13-24)17-22(26)19-9-10-23-21-8-7-18(27-2)16-20(19)21;3-1(4)2(5)6/h7-10,16,22,26H,3-6,11-15,17H2,1-2H3;(H,3,4)(H,5,6). The molecule has 1 aromatic carbocycles. The molecule has 0 saturated carbocycles. The van der Waals surface area contributed by atoms with Crippen molar-refractivity contribution in [3.63, 3.8) is 0 Å². The average molecular weight is 462 g/mol. The zero-order valence-electron chi connectivity index (χ0n) is 19.4. The van der Waals surface area contributed by atoms with Crippen molar-refractivity contribution in [2.45, 2.75) is 38.7 Å². The van der Waals surface area contributed by atoms with E-state index in [4.69, 9.17) is 24.5 Å². The second-order valence-electron chi connectivity index (χ2n) is 8.11. The van der Waals surface area contributed by atoms with Gasteiger partial charge in [0, 0.05) is 44.3 Å². The molecule has 182 valence electrons. The molecule has 1 aliphatic rings. The predicted molar refractivity (Wildman–Crippen MR) is 126 cm³/mol. The Morgan fingerprint density at radius 1 is 1.03 bits per heavy atom. The van der Waals surface area contributed by atoms with E-state index in [2.05, 4.69) is 21.7 Å². The highest BCUT2D eigenvalue weighted by atomic mass is 16.5. The van der Waals surface area contributed by atoms with E-state index in [0.29, 0.717) is 6.54 Å². The second-order valence-corrected chi connectivity index (χ2v) is 8.11. The number of benzene rings is 1. The van der Waals surface area contributed by atoms with Crippen LogP contribution >= 0.6 is 0 Å². The lowest BCUT2D eigenvalue weighted by Gasteiger charge is -2.35. The number of aliphatic hydroxyl groups excluding tert-OH is 1. The summed E-state index contributed by atoms with van der Waals surface area (Å²) in [5.74, 6) is -2.86. The number of carboxylic acid groups (broad SMARTS) is 2. The van der Waals surface area contributed by atoms with Crippen LogP contribution in [0.4, 0.5) is 0 Å². The van der Waals surface area contributed by atoms with Crippen molar-refractivity contribution in [3.8, 4) is 5.75 Å². The molecular weight excluding hydrogens is 426 g/mol. The molecular formula is C24H35N3O6. The van der Waals surface area contributed by atoms with Crippen LogP contribution in [0.3, 0.4) is 0 Å². The van der Waals surface area contributed by atoms with E-state index >= 15 is 0 Å². The van der Waals surface area contributed by atoms with Crippen LogP contribution in [0, 0.1) is 0 Å². The first-order valence-corrected chi connectivity index (χ1v) is 11.4. The van der Waals surface area contributed by atoms with Crippen LogP contribution in [0.1, 0.15) is 44.3 Å². The Bertz CT molecular complexity index is 887. The van der Waals surface area contributed by atoms with E-state index in [1.165, 1.54) is 32.2 Å². The van der Waals surface area contributed by atoms with E-state index in [0.717, 1.165) is 48.4 Å². The number of methoxy groups -OCH3 is 1. The van der Waals surface area contributed by atoms with E-state index in [-0.39, 0.29) is 0 Å². The largest absolute Gasteiger partial charge is 0.497 e. The van der Waals surface area contributed by atoms with Gasteiger partial charge in [0.2, 0.25) is 0 Å². The van der Waals surface area contributed by atoms with Gasteiger partial charge in [0.1, 0.15) is 5.75 Å². The monoisotopic (exact) mass is 461 g/mol. The van der Waals surface area contributed by atoms with Crippen molar-refractivity contribution in [3.05, 3.63) is 36.0 Å². The molecule has 9 nitrogen and oxygen atoms in total. The SMILES string of the molecule is CCCCCCN1CCN(CC(O)c2ccnc3ccc(OC)cc23)CC1.O=C(O)C(=O)O. The van der Waals surface area contributed by atoms with Crippen LogP contribution in [0.5, 0.6) is 5.75 Å². The third-order valence-corrected chi connectivity index (χ3v) is 5.75. The molecule has 1 aromatic heterocycles. The number of carbonyl (C=O) groups is 2. The minimum Gasteiger partial charge on any atom is -0.497 e. The maximum Gasteiger partial charge on any atom is 0.414 e. The molecule has 0 radical (unpaired) electrons. The van der Waals surface area contributed by atoms with E-state index in [9.17, 15) is 5.11 Å². The summed E-state index contributed by atoms with van der Waals surface area (Å²) < 4.78 is 5.34. The number of aromatic nitrogens is 1. The first-order valence-electron chi connectivity index (χ1n) is 11.4. The predicted octanol–water partition coefficient (Wildman–Crippen LogP) is 2.63. The first kappa shape index (κ1) is 26.5. The molecule has 0 aliphatic carbocycles. The Hall–Kier alpha value is -2.75. The van der Waals surface area contributed by atoms with Gasteiger partial charge in [0.15, 0.2) is 0 Å². The van der Waals surface area contributed by atoms with E-state index in [1.807, 2.05) is 24.3 Å². The Balaban J connectivity index is 0.000000569. The fourth-order valence-corrected chi connectivity index (χ4v) is 3.86. The number of aliphatic carboxylic acids is 2. The second kappa shape index (κ2) is 13.7. The fraction of sp³-hybridized carbons (Fsp3) is 0.542. The van der Waals surface area contributed by atoms with Crippen LogP contribution in [-0.4, -0.2) is 88.4 Å². The highest BCUT2D eigenvalue weighted by Gasteiger charge is 2.21. The third kappa shape index (κ3) is 8.60. The van der Waals surface area contributed by atoms with Gasteiger partial charge in [-0.15, -0.1) is 0 Å². The minimum absolute atomic E-state index is 0.515. The van der Waals surface area contributed by atoms with Crippen LogP contribution in [0.25, 0.3) is 10.9 Å². The summed E-state index contributed by atoms with van der Waals surface area (Å²) in [6, 6.07) is 7.75. The van der Waals surface area contributed by atoms with Gasteiger partial charge < -0.3 is 25.0 Å². The summed E-state index contributed by atoms with van der Waals surface area (Å²) in [4.78, 5) is 27.5. The summed E-state index contributed by atoms with van der Waals surface area (Å²) in [6.45, 7) is 8.39. The van der Waals surface area contributed by atoms with Gasteiger partial charge >= 0.3 is 11.9 Å². The van der Waals surface area contributed by atoms with Crippen molar-refractivity contribution >= 4 is 22.8 Å². The van der Waals surface area contributed by atoms with Crippen LogP contribution < -0.4 is 4.74 Å². The molecule has 3 N–H and O–H groups in total. The summed E-state index contributed by atoms with van der Waals surface area (Å²) in [5, 5.41) is 26.6. The van der Waals surface area contributed by atoms with Crippen molar-refractivity contribution in [1.82, 2.24) is 14.8 Å². The topological polar surface area (TPSA) is 123 Å². The number of aliphatic hydroxyl groups is 1. The molecule has 0 bridgehead atoms. The zero-order valence-corrected chi connectivity index (χ0v) is 19.4. The van der Waals surface area contributed by atoms with Crippen molar-refractivity contribution < 1.29 is 29.6 Å². The van der Waals surface area contributed by atoms with Gasteiger partial charge in [-0.2, -0.15) is 0 Å². The molecule has 2 aromatic rings. The Labute approximate surface area is 194 Å².